The molecule has 2 aromatic carbocycles. The van der Waals surface area contributed by atoms with Gasteiger partial charge >= 0.3 is 0 Å². The maximum Gasteiger partial charge on any atom is 0.242 e. The molecule has 3 aromatic rings. The number of aliphatic imine (C=N–C) groups is 1. The van der Waals surface area contributed by atoms with Gasteiger partial charge < -0.3 is 5.32 Å². The topological polar surface area (TPSA) is 91.7 Å². The van der Waals surface area contributed by atoms with E-state index in [9.17, 15) is 14.4 Å². The average molecular weight is 511 g/mol. The molecule has 1 atom stereocenters. The van der Waals surface area contributed by atoms with Gasteiger partial charge in [0.15, 0.2) is 11.0 Å². The van der Waals surface area contributed by atoms with E-state index >= 15 is 0 Å². The molecule has 2 amide bonds. The van der Waals surface area contributed by atoms with Gasteiger partial charge in [0.1, 0.15) is 5.25 Å². The highest BCUT2D eigenvalue weighted by atomic mass is 35.5. The van der Waals surface area contributed by atoms with Gasteiger partial charge in [0, 0.05) is 40.7 Å². The first-order chi connectivity index (χ1) is 16.5. The number of halogens is 1. The summed E-state index contributed by atoms with van der Waals surface area (Å²) in [5.74, 6) is -0.892. The summed E-state index contributed by atoms with van der Waals surface area (Å²) in [6, 6.07) is 13.4. The number of aromatic nitrogens is 1. The van der Waals surface area contributed by atoms with Gasteiger partial charge in [-0.25, -0.2) is 4.98 Å². The molecule has 172 valence electrons. The number of benzene rings is 2. The Bertz CT molecular complexity index is 1260. The van der Waals surface area contributed by atoms with Gasteiger partial charge in [0.25, 0.3) is 0 Å². The van der Waals surface area contributed by atoms with Crippen molar-refractivity contribution in [1.82, 2.24) is 9.88 Å². The van der Waals surface area contributed by atoms with E-state index in [4.69, 9.17) is 11.6 Å². The zero-order valence-corrected chi connectivity index (χ0v) is 20.2. The lowest BCUT2D eigenvalue weighted by Gasteiger charge is -2.14. The number of amidine groups is 1. The minimum atomic E-state index is -0.653. The van der Waals surface area contributed by atoms with Crippen molar-refractivity contribution in [1.29, 1.82) is 0 Å². The molecule has 7 nitrogen and oxygen atoms in total. The monoisotopic (exact) mass is 510 g/mol. The lowest BCUT2D eigenvalue weighted by molar-refractivity contribution is -0.127. The van der Waals surface area contributed by atoms with Crippen LogP contribution >= 0.6 is 34.7 Å². The minimum absolute atomic E-state index is 0.0877. The zero-order valence-electron chi connectivity index (χ0n) is 17.8. The predicted octanol–water partition coefficient (Wildman–Crippen LogP) is 5.17. The van der Waals surface area contributed by atoms with Crippen LogP contribution in [-0.4, -0.2) is 44.4 Å². The summed E-state index contributed by atoms with van der Waals surface area (Å²) in [5.41, 5.74) is 1.08. The molecule has 0 bridgehead atoms. The van der Waals surface area contributed by atoms with Crippen LogP contribution in [0.5, 0.6) is 0 Å². The SMILES string of the molecule is C=CCN1C(=O)C(CC(=O)Nc2ccc(Cl)cc2C(=O)c2ccccc2)SC1=Nc1nccs1. The van der Waals surface area contributed by atoms with Crippen molar-refractivity contribution in [3.8, 4) is 0 Å². The van der Waals surface area contributed by atoms with Crippen LogP contribution in [0.25, 0.3) is 0 Å². The third-order valence-corrected chi connectivity index (χ3v) is 6.93. The van der Waals surface area contributed by atoms with Crippen molar-refractivity contribution in [2.24, 2.45) is 4.99 Å². The summed E-state index contributed by atoms with van der Waals surface area (Å²) in [7, 11) is 0. The highest BCUT2D eigenvalue weighted by molar-refractivity contribution is 8.15. The fourth-order valence-corrected chi connectivity index (χ4v) is 5.19. The molecule has 1 aliphatic heterocycles. The number of hydrogen-bond donors (Lipinski definition) is 1. The maximum absolute atomic E-state index is 13.0. The van der Waals surface area contributed by atoms with Gasteiger partial charge in [-0.05, 0) is 18.2 Å². The van der Waals surface area contributed by atoms with Gasteiger partial charge in [0.05, 0.1) is 5.69 Å². The molecule has 0 aliphatic carbocycles. The Morgan fingerprint density at radius 1 is 1.24 bits per heavy atom. The van der Waals surface area contributed by atoms with Crippen molar-refractivity contribution in [2.45, 2.75) is 11.7 Å². The Labute approximate surface area is 209 Å². The fraction of sp³-hybridized carbons (Fsp3) is 0.125. The van der Waals surface area contributed by atoms with Crippen molar-refractivity contribution in [3.63, 3.8) is 0 Å². The Hall–Kier alpha value is -3.27. The Balaban J connectivity index is 1.51. The van der Waals surface area contributed by atoms with Gasteiger partial charge in [-0.1, -0.05) is 59.8 Å². The molecule has 2 heterocycles. The summed E-state index contributed by atoms with van der Waals surface area (Å²) >= 11 is 8.68. The molecule has 0 radical (unpaired) electrons. The smallest absolute Gasteiger partial charge is 0.242 e. The molecule has 1 N–H and O–H groups in total. The van der Waals surface area contributed by atoms with E-state index < -0.39 is 11.2 Å². The number of carbonyl (C=O) groups excluding carboxylic acids is 3. The fourth-order valence-electron chi connectivity index (χ4n) is 3.30. The van der Waals surface area contributed by atoms with Crippen LogP contribution in [0.4, 0.5) is 10.8 Å². The van der Waals surface area contributed by atoms with Crippen LogP contribution < -0.4 is 5.32 Å². The molecule has 1 aromatic heterocycles. The van der Waals surface area contributed by atoms with Gasteiger partial charge in [-0.2, -0.15) is 4.99 Å². The lowest BCUT2D eigenvalue weighted by Crippen LogP contribution is -2.33. The molecular weight excluding hydrogens is 492 g/mol. The van der Waals surface area contributed by atoms with E-state index in [2.05, 4.69) is 21.9 Å². The number of nitrogens with zero attached hydrogens (tertiary/aromatic N) is 3. The number of hydrogen-bond acceptors (Lipinski definition) is 7. The second-order valence-corrected chi connectivity index (χ2v) is 9.67. The molecule has 1 aliphatic rings. The van der Waals surface area contributed by atoms with Crippen molar-refractivity contribution < 1.29 is 14.4 Å². The molecule has 4 rings (SSSR count). The zero-order chi connectivity index (χ0) is 24.1. The molecular formula is C24H19ClN4O3S2. The van der Waals surface area contributed by atoms with E-state index in [0.29, 0.717) is 26.6 Å². The van der Waals surface area contributed by atoms with Gasteiger partial charge in [-0.3, -0.25) is 19.3 Å². The van der Waals surface area contributed by atoms with Crippen LogP contribution in [0.1, 0.15) is 22.3 Å². The number of thiazole rings is 1. The van der Waals surface area contributed by atoms with E-state index in [1.807, 2.05) is 6.07 Å². The third kappa shape index (κ3) is 5.44. The largest absolute Gasteiger partial charge is 0.325 e. The Morgan fingerprint density at radius 2 is 2.03 bits per heavy atom. The van der Waals surface area contributed by atoms with Crippen LogP contribution in [-0.2, 0) is 9.59 Å². The number of nitrogens with one attached hydrogen (secondary N) is 1. The van der Waals surface area contributed by atoms with Crippen molar-refractivity contribution >= 4 is 68.3 Å². The van der Waals surface area contributed by atoms with Crippen LogP contribution in [0.15, 0.2) is 77.8 Å². The number of amides is 2. The van der Waals surface area contributed by atoms with Gasteiger partial charge in [0.2, 0.25) is 16.9 Å². The normalized spacial score (nSPS) is 16.6. The molecule has 10 heteroatoms. The number of anilines is 1. The second kappa shape index (κ2) is 10.8. The quantitative estimate of drug-likeness (QED) is 0.333. The Morgan fingerprint density at radius 3 is 2.74 bits per heavy atom. The summed E-state index contributed by atoms with van der Waals surface area (Å²) in [4.78, 5) is 48.9. The van der Waals surface area contributed by atoms with E-state index in [-0.39, 0.29) is 30.2 Å². The van der Waals surface area contributed by atoms with Gasteiger partial charge in [-0.15, -0.1) is 17.9 Å². The molecule has 0 saturated carbocycles. The summed E-state index contributed by atoms with van der Waals surface area (Å²) < 4.78 is 0. The molecule has 1 saturated heterocycles. The third-order valence-electron chi connectivity index (χ3n) is 4.85. The first-order valence-corrected chi connectivity index (χ1v) is 12.4. The summed E-state index contributed by atoms with van der Waals surface area (Å²) in [6.07, 6.45) is 3.15. The summed E-state index contributed by atoms with van der Waals surface area (Å²) in [6.45, 7) is 3.98. The number of carbonyl (C=O) groups is 3. The highest BCUT2D eigenvalue weighted by Gasteiger charge is 2.38. The number of ketones is 1. The molecule has 1 fully saturated rings. The number of thioether (sulfide) groups is 1. The molecule has 1 unspecified atom stereocenters. The number of rotatable bonds is 8. The van der Waals surface area contributed by atoms with E-state index in [1.54, 1.807) is 54.1 Å². The first-order valence-electron chi connectivity index (χ1n) is 10.2. The van der Waals surface area contributed by atoms with E-state index in [1.165, 1.54) is 34.1 Å². The van der Waals surface area contributed by atoms with Crippen molar-refractivity contribution in [3.05, 3.63) is 88.9 Å². The maximum atomic E-state index is 13.0. The first kappa shape index (κ1) is 23.9. The van der Waals surface area contributed by atoms with Crippen LogP contribution in [0.2, 0.25) is 5.02 Å². The van der Waals surface area contributed by atoms with Crippen molar-refractivity contribution in [2.75, 3.05) is 11.9 Å². The minimum Gasteiger partial charge on any atom is -0.325 e. The standard InChI is InChI=1S/C24H19ClN4O3S2/c1-2-11-29-22(32)19(34-24(29)28-23-26-10-12-33-23)14-20(30)27-18-9-8-16(25)13-17(18)21(31)15-6-4-3-5-7-15/h2-10,12-13,19H,1,11,14H2,(H,27,30). The van der Waals surface area contributed by atoms with E-state index in [0.717, 1.165) is 0 Å². The van der Waals surface area contributed by atoms with Crippen LogP contribution in [0, 0.1) is 0 Å². The average Bonchev–Trinajstić information content (AvgIpc) is 3.45. The highest BCUT2D eigenvalue weighted by Crippen LogP contribution is 2.32. The Kier molecular flexibility index (Phi) is 7.56. The predicted molar refractivity (Wildman–Crippen MR) is 137 cm³/mol. The summed E-state index contributed by atoms with van der Waals surface area (Å²) in [5, 5.41) is 5.29. The molecule has 0 spiro atoms. The second-order valence-electron chi connectivity index (χ2n) is 7.19. The van der Waals surface area contributed by atoms with Crippen LogP contribution in [0.3, 0.4) is 0 Å². The lowest BCUT2D eigenvalue weighted by atomic mass is 10.0. The molecule has 34 heavy (non-hydrogen) atoms.